The lowest BCUT2D eigenvalue weighted by atomic mass is 10.0. The first-order chi connectivity index (χ1) is 8.63. The molecule has 0 aromatic heterocycles. The fourth-order valence-corrected chi connectivity index (χ4v) is 1.83. The van der Waals surface area contributed by atoms with Crippen LogP contribution < -0.4 is 0 Å². The van der Waals surface area contributed by atoms with Gasteiger partial charge in [0.05, 0.1) is 7.11 Å². The minimum Gasteiger partial charge on any atom is -0.466 e. The van der Waals surface area contributed by atoms with Crippen molar-refractivity contribution in [3.63, 3.8) is 0 Å². The molecule has 0 saturated heterocycles. The second-order valence-corrected chi connectivity index (χ2v) is 4.46. The zero-order chi connectivity index (χ0) is 13.8. The highest BCUT2D eigenvalue weighted by molar-refractivity contribution is 5.88. The van der Waals surface area contributed by atoms with Crippen LogP contribution in [0.15, 0.2) is 11.7 Å². The number of hydrogen-bond acceptors (Lipinski definition) is 2. The van der Waals surface area contributed by atoms with Crippen molar-refractivity contribution in [3.05, 3.63) is 11.7 Å². The standard InChI is InChI=1S/C14H24F2O2/c1-3-4-5-6-7-8-9-10-11-12(13(15)16)14(17)18-2/h3-11H2,1-2H3. The number of rotatable bonds is 10. The molecule has 2 nitrogen and oxygen atoms in total. The van der Waals surface area contributed by atoms with Crippen molar-refractivity contribution in [1.82, 2.24) is 0 Å². The van der Waals surface area contributed by atoms with Crippen LogP contribution in [0.2, 0.25) is 0 Å². The van der Waals surface area contributed by atoms with Crippen LogP contribution in [0.3, 0.4) is 0 Å². The van der Waals surface area contributed by atoms with Gasteiger partial charge in [0, 0.05) is 0 Å². The Morgan fingerprint density at radius 2 is 1.44 bits per heavy atom. The van der Waals surface area contributed by atoms with Crippen molar-refractivity contribution in [3.8, 4) is 0 Å². The van der Waals surface area contributed by atoms with Crippen LogP contribution in [0.4, 0.5) is 8.78 Å². The third-order valence-corrected chi connectivity index (χ3v) is 2.94. The zero-order valence-corrected chi connectivity index (χ0v) is 11.4. The van der Waals surface area contributed by atoms with E-state index in [1.807, 2.05) is 0 Å². The Morgan fingerprint density at radius 3 is 1.89 bits per heavy atom. The molecule has 0 aromatic carbocycles. The highest BCUT2D eigenvalue weighted by atomic mass is 19.3. The summed E-state index contributed by atoms with van der Waals surface area (Å²) in [6, 6.07) is 0. The monoisotopic (exact) mass is 262 g/mol. The van der Waals surface area contributed by atoms with E-state index in [1.165, 1.54) is 25.7 Å². The average Bonchev–Trinajstić information content (AvgIpc) is 2.35. The molecule has 4 heteroatoms. The van der Waals surface area contributed by atoms with E-state index in [1.54, 1.807) is 0 Å². The molecule has 18 heavy (non-hydrogen) atoms. The first-order valence-electron chi connectivity index (χ1n) is 6.76. The molecule has 0 aromatic rings. The van der Waals surface area contributed by atoms with Crippen LogP contribution in [-0.2, 0) is 9.53 Å². The summed E-state index contributed by atoms with van der Waals surface area (Å²) in [6.07, 6.45) is 6.87. The minimum atomic E-state index is -1.91. The van der Waals surface area contributed by atoms with Crippen molar-refractivity contribution >= 4 is 5.97 Å². The Kier molecular flexibility index (Phi) is 10.6. The van der Waals surface area contributed by atoms with Gasteiger partial charge in [0.25, 0.3) is 6.08 Å². The number of unbranched alkanes of at least 4 members (excludes halogenated alkanes) is 7. The quantitative estimate of drug-likeness (QED) is 0.320. The van der Waals surface area contributed by atoms with E-state index < -0.39 is 17.6 Å². The summed E-state index contributed by atoms with van der Waals surface area (Å²) in [6.45, 7) is 2.17. The topological polar surface area (TPSA) is 26.3 Å². The number of esters is 1. The van der Waals surface area contributed by atoms with E-state index in [4.69, 9.17) is 0 Å². The second-order valence-electron chi connectivity index (χ2n) is 4.46. The van der Waals surface area contributed by atoms with E-state index in [2.05, 4.69) is 11.7 Å². The van der Waals surface area contributed by atoms with E-state index >= 15 is 0 Å². The van der Waals surface area contributed by atoms with Crippen LogP contribution in [-0.4, -0.2) is 13.1 Å². The molecule has 0 saturated carbocycles. The van der Waals surface area contributed by atoms with Crippen molar-refractivity contribution in [2.75, 3.05) is 7.11 Å². The van der Waals surface area contributed by atoms with Crippen molar-refractivity contribution in [2.24, 2.45) is 0 Å². The molecule has 0 aliphatic rings. The zero-order valence-electron chi connectivity index (χ0n) is 11.4. The molecule has 106 valence electrons. The Balaban J connectivity index is 3.64. The summed E-state index contributed by atoms with van der Waals surface area (Å²) in [5.74, 6) is -0.905. The van der Waals surface area contributed by atoms with Crippen molar-refractivity contribution < 1.29 is 18.3 Å². The summed E-state index contributed by atoms with van der Waals surface area (Å²) < 4.78 is 29.2. The molecular formula is C14H24F2O2. The van der Waals surface area contributed by atoms with Gasteiger partial charge in [-0.1, -0.05) is 51.9 Å². The number of hydrogen-bond donors (Lipinski definition) is 0. The van der Waals surface area contributed by atoms with E-state index in [9.17, 15) is 13.6 Å². The molecule has 0 aliphatic heterocycles. The number of methoxy groups -OCH3 is 1. The fourth-order valence-electron chi connectivity index (χ4n) is 1.83. The van der Waals surface area contributed by atoms with Gasteiger partial charge in [-0.25, -0.2) is 4.79 Å². The molecule has 0 amide bonds. The lowest BCUT2D eigenvalue weighted by Crippen LogP contribution is -2.05. The molecule has 0 rings (SSSR count). The fraction of sp³-hybridized carbons (Fsp3) is 0.786. The number of carbonyl (C=O) groups excluding carboxylic acids is 1. The van der Waals surface area contributed by atoms with E-state index in [0.717, 1.165) is 26.4 Å². The van der Waals surface area contributed by atoms with Gasteiger partial charge in [-0.05, 0) is 12.8 Å². The van der Waals surface area contributed by atoms with E-state index in [0.29, 0.717) is 6.42 Å². The summed E-state index contributed by atoms with van der Waals surface area (Å²) >= 11 is 0. The smallest absolute Gasteiger partial charge is 0.339 e. The molecule has 0 unspecified atom stereocenters. The first kappa shape index (κ1) is 17.1. The summed E-state index contributed by atoms with van der Waals surface area (Å²) in [5, 5.41) is 0. The predicted octanol–water partition coefficient (Wildman–Crippen LogP) is 4.84. The number of ether oxygens (including phenoxy) is 1. The van der Waals surface area contributed by atoms with Crippen molar-refractivity contribution in [1.29, 1.82) is 0 Å². The summed E-state index contributed by atoms with van der Waals surface area (Å²) in [4.78, 5) is 11.0. The van der Waals surface area contributed by atoms with Gasteiger partial charge in [-0.15, -0.1) is 0 Å². The van der Waals surface area contributed by atoms with Gasteiger partial charge in [0.1, 0.15) is 5.57 Å². The van der Waals surface area contributed by atoms with Gasteiger partial charge in [0.15, 0.2) is 0 Å². The third-order valence-electron chi connectivity index (χ3n) is 2.94. The number of halogens is 2. The molecular weight excluding hydrogens is 238 g/mol. The molecule has 0 atom stereocenters. The van der Waals surface area contributed by atoms with Gasteiger partial charge in [-0.3, -0.25) is 0 Å². The Morgan fingerprint density at radius 1 is 0.944 bits per heavy atom. The van der Waals surface area contributed by atoms with Crippen LogP contribution >= 0.6 is 0 Å². The molecule has 0 radical (unpaired) electrons. The van der Waals surface area contributed by atoms with Crippen LogP contribution in [0.5, 0.6) is 0 Å². The molecule has 0 aliphatic carbocycles. The van der Waals surface area contributed by atoms with Gasteiger partial charge >= 0.3 is 5.97 Å². The lowest BCUT2D eigenvalue weighted by Gasteiger charge is -2.04. The largest absolute Gasteiger partial charge is 0.466 e. The maximum Gasteiger partial charge on any atom is 0.339 e. The highest BCUT2D eigenvalue weighted by Gasteiger charge is 2.15. The van der Waals surface area contributed by atoms with E-state index in [-0.39, 0.29) is 6.42 Å². The average molecular weight is 262 g/mol. The minimum absolute atomic E-state index is 0.115. The molecule has 0 N–H and O–H groups in total. The van der Waals surface area contributed by atoms with Crippen LogP contribution in [0.25, 0.3) is 0 Å². The predicted molar refractivity (Wildman–Crippen MR) is 68.5 cm³/mol. The van der Waals surface area contributed by atoms with Gasteiger partial charge in [0.2, 0.25) is 0 Å². The molecule has 0 heterocycles. The maximum absolute atomic E-state index is 12.4. The first-order valence-corrected chi connectivity index (χ1v) is 6.76. The Hall–Kier alpha value is -0.930. The molecule has 0 spiro atoms. The SMILES string of the molecule is CCCCCCCCCCC(C(=O)OC)=C(F)F. The number of carbonyl (C=O) groups is 1. The lowest BCUT2D eigenvalue weighted by molar-refractivity contribution is -0.136. The molecule has 0 fully saturated rings. The summed E-state index contributed by atoms with van der Waals surface area (Å²) in [7, 11) is 1.12. The van der Waals surface area contributed by atoms with Gasteiger partial charge in [-0.2, -0.15) is 8.78 Å². The summed E-state index contributed by atoms with van der Waals surface area (Å²) in [5.41, 5.74) is -0.469. The maximum atomic E-state index is 12.4. The second kappa shape index (κ2) is 11.2. The normalized spacial score (nSPS) is 10.2. The molecule has 0 bridgehead atoms. The van der Waals surface area contributed by atoms with Crippen LogP contribution in [0, 0.1) is 0 Å². The van der Waals surface area contributed by atoms with Crippen molar-refractivity contribution in [2.45, 2.75) is 64.7 Å². The highest BCUT2D eigenvalue weighted by Crippen LogP contribution is 2.18. The Labute approximate surface area is 108 Å². The van der Waals surface area contributed by atoms with Gasteiger partial charge < -0.3 is 4.74 Å². The van der Waals surface area contributed by atoms with Crippen LogP contribution in [0.1, 0.15) is 64.7 Å². The Bertz CT molecular complexity index is 259. The third kappa shape index (κ3) is 8.20.